The maximum atomic E-state index is 12.0. The van der Waals surface area contributed by atoms with E-state index in [2.05, 4.69) is 22.4 Å². The molecule has 0 saturated heterocycles. The Bertz CT molecular complexity index is 750. The Kier molecular flexibility index (Phi) is 6.49. The first-order valence-electron chi connectivity index (χ1n) is 8.78. The number of hydrogen-bond acceptors (Lipinski definition) is 5. The van der Waals surface area contributed by atoms with Gasteiger partial charge in [0.25, 0.3) is 0 Å². The Morgan fingerprint density at radius 3 is 2.50 bits per heavy atom. The summed E-state index contributed by atoms with van der Waals surface area (Å²) < 4.78 is 5.14. The first-order valence-corrected chi connectivity index (χ1v) is 8.78. The van der Waals surface area contributed by atoms with Crippen LogP contribution in [-0.2, 0) is 27.8 Å². The highest BCUT2D eigenvalue weighted by Gasteiger charge is 2.29. The van der Waals surface area contributed by atoms with Crippen LogP contribution in [0.1, 0.15) is 57.3 Å². The van der Waals surface area contributed by atoms with E-state index in [-0.39, 0.29) is 5.91 Å². The van der Waals surface area contributed by atoms with E-state index in [1.807, 2.05) is 0 Å². The quantitative estimate of drug-likeness (QED) is 0.711. The zero-order chi connectivity index (χ0) is 19.2. The van der Waals surface area contributed by atoms with E-state index in [0.29, 0.717) is 42.2 Å². The number of aromatic nitrogens is 2. The van der Waals surface area contributed by atoms with Crippen LogP contribution < -0.4 is 5.32 Å². The molecule has 0 atom stereocenters. The van der Waals surface area contributed by atoms with Gasteiger partial charge in [-0.1, -0.05) is 24.2 Å². The van der Waals surface area contributed by atoms with Gasteiger partial charge in [0.15, 0.2) is 5.82 Å². The molecule has 0 fully saturated rings. The lowest BCUT2D eigenvalue weighted by atomic mass is 9.85. The average Bonchev–Trinajstić information content (AvgIpc) is 3.03. The van der Waals surface area contributed by atoms with E-state index in [1.165, 1.54) is 0 Å². The maximum absolute atomic E-state index is 12.0. The van der Waals surface area contributed by atoms with Crippen LogP contribution in [0.25, 0.3) is 0 Å². The zero-order valence-electron chi connectivity index (χ0n) is 15.4. The van der Waals surface area contributed by atoms with Crippen LogP contribution in [0.3, 0.4) is 0 Å². The molecule has 0 aliphatic heterocycles. The van der Waals surface area contributed by atoms with Gasteiger partial charge in [-0.05, 0) is 44.4 Å². The van der Waals surface area contributed by atoms with E-state index < -0.39 is 11.4 Å². The Morgan fingerprint density at radius 2 is 1.88 bits per heavy atom. The Hall–Kier alpha value is -2.70. The molecule has 0 radical (unpaired) electrons. The number of aliphatic carboxylic acids is 1. The molecule has 2 rings (SSSR count). The normalized spacial score (nSPS) is 11.3. The van der Waals surface area contributed by atoms with Crippen LogP contribution in [0, 0.1) is 0 Å². The monoisotopic (exact) mass is 359 g/mol. The topological polar surface area (TPSA) is 105 Å². The SMILES string of the molecule is CCCc1noc(CCCC(=O)Nc2ccc(C(C)(C)C(=O)O)cc2)n1. The molecule has 7 nitrogen and oxygen atoms in total. The summed E-state index contributed by atoms with van der Waals surface area (Å²) in [6, 6.07) is 6.87. The van der Waals surface area contributed by atoms with Gasteiger partial charge in [0.2, 0.25) is 11.8 Å². The van der Waals surface area contributed by atoms with Crippen molar-refractivity contribution in [2.45, 2.75) is 58.3 Å². The van der Waals surface area contributed by atoms with Gasteiger partial charge in [0.1, 0.15) is 0 Å². The van der Waals surface area contributed by atoms with Gasteiger partial charge >= 0.3 is 5.97 Å². The molecule has 1 aromatic carbocycles. The molecular weight excluding hydrogens is 334 g/mol. The second kappa shape index (κ2) is 8.60. The fraction of sp³-hybridized carbons (Fsp3) is 0.474. The lowest BCUT2D eigenvalue weighted by molar-refractivity contribution is -0.142. The largest absolute Gasteiger partial charge is 0.481 e. The number of anilines is 1. The summed E-state index contributed by atoms with van der Waals surface area (Å²) in [7, 11) is 0. The number of nitrogens with one attached hydrogen (secondary N) is 1. The average molecular weight is 359 g/mol. The molecule has 0 spiro atoms. The van der Waals surface area contributed by atoms with Gasteiger partial charge in [-0.3, -0.25) is 9.59 Å². The molecule has 2 aromatic rings. The molecule has 26 heavy (non-hydrogen) atoms. The number of carboxylic acid groups (broad SMARTS) is 1. The molecule has 1 heterocycles. The molecule has 7 heteroatoms. The molecule has 0 unspecified atom stereocenters. The smallest absolute Gasteiger partial charge is 0.313 e. The number of benzene rings is 1. The molecule has 1 aromatic heterocycles. The highest BCUT2D eigenvalue weighted by molar-refractivity contribution is 5.90. The van der Waals surface area contributed by atoms with Crippen LogP contribution in [-0.4, -0.2) is 27.1 Å². The van der Waals surface area contributed by atoms with Crippen LogP contribution in [0.4, 0.5) is 5.69 Å². The number of nitrogens with zero attached hydrogens (tertiary/aromatic N) is 2. The fourth-order valence-corrected chi connectivity index (χ4v) is 2.43. The second-order valence-electron chi connectivity index (χ2n) is 6.76. The lowest BCUT2D eigenvalue weighted by Crippen LogP contribution is -2.28. The van der Waals surface area contributed by atoms with Crippen molar-refractivity contribution in [1.29, 1.82) is 0 Å². The van der Waals surface area contributed by atoms with Crippen LogP contribution in [0.2, 0.25) is 0 Å². The molecule has 0 saturated carbocycles. The van der Waals surface area contributed by atoms with Gasteiger partial charge in [-0.2, -0.15) is 4.98 Å². The van der Waals surface area contributed by atoms with Crippen LogP contribution >= 0.6 is 0 Å². The van der Waals surface area contributed by atoms with Crippen molar-refractivity contribution < 1.29 is 19.2 Å². The van der Waals surface area contributed by atoms with E-state index in [1.54, 1.807) is 38.1 Å². The van der Waals surface area contributed by atoms with E-state index >= 15 is 0 Å². The highest BCUT2D eigenvalue weighted by atomic mass is 16.5. The van der Waals surface area contributed by atoms with Crippen molar-refractivity contribution in [2.24, 2.45) is 0 Å². The minimum atomic E-state index is -0.969. The first-order chi connectivity index (χ1) is 12.3. The van der Waals surface area contributed by atoms with Gasteiger partial charge in [-0.15, -0.1) is 0 Å². The number of carboxylic acids is 1. The lowest BCUT2D eigenvalue weighted by Gasteiger charge is -2.19. The van der Waals surface area contributed by atoms with E-state index in [4.69, 9.17) is 4.52 Å². The molecule has 2 N–H and O–H groups in total. The third kappa shape index (κ3) is 5.15. The third-order valence-electron chi connectivity index (χ3n) is 4.20. The Balaban J connectivity index is 1.81. The Morgan fingerprint density at radius 1 is 1.19 bits per heavy atom. The summed E-state index contributed by atoms with van der Waals surface area (Å²) in [6.45, 7) is 5.34. The predicted octanol–water partition coefficient (Wildman–Crippen LogP) is 3.35. The van der Waals surface area contributed by atoms with E-state index in [9.17, 15) is 14.7 Å². The summed E-state index contributed by atoms with van der Waals surface area (Å²) in [6.07, 6.45) is 3.27. The molecule has 0 aliphatic rings. The maximum Gasteiger partial charge on any atom is 0.313 e. The van der Waals surface area contributed by atoms with Crippen molar-refractivity contribution >= 4 is 17.6 Å². The van der Waals surface area contributed by atoms with Crippen molar-refractivity contribution in [2.75, 3.05) is 5.32 Å². The minimum Gasteiger partial charge on any atom is -0.481 e. The summed E-state index contributed by atoms with van der Waals surface area (Å²) >= 11 is 0. The number of carbonyl (C=O) groups excluding carboxylic acids is 1. The first kappa shape index (κ1) is 19.6. The van der Waals surface area contributed by atoms with Crippen molar-refractivity contribution in [3.8, 4) is 0 Å². The zero-order valence-corrected chi connectivity index (χ0v) is 15.4. The summed E-state index contributed by atoms with van der Waals surface area (Å²) in [5.74, 6) is 0.263. The van der Waals surface area contributed by atoms with Gasteiger partial charge < -0.3 is 14.9 Å². The van der Waals surface area contributed by atoms with Crippen molar-refractivity contribution in [3.05, 3.63) is 41.5 Å². The molecular formula is C19H25N3O4. The Labute approximate surface area is 152 Å². The van der Waals surface area contributed by atoms with E-state index in [0.717, 1.165) is 12.8 Å². The number of aryl methyl sites for hydroxylation is 2. The molecule has 0 bridgehead atoms. The van der Waals surface area contributed by atoms with Gasteiger partial charge in [-0.25, -0.2) is 0 Å². The molecule has 1 amide bonds. The summed E-state index contributed by atoms with van der Waals surface area (Å²) in [5, 5.41) is 15.9. The summed E-state index contributed by atoms with van der Waals surface area (Å²) in [5.41, 5.74) is 0.355. The van der Waals surface area contributed by atoms with Crippen LogP contribution in [0.15, 0.2) is 28.8 Å². The number of amides is 1. The standard InChI is InChI=1S/C19H25N3O4/c1-4-6-15-21-17(26-22-15)8-5-7-16(23)20-14-11-9-13(10-12-14)19(2,3)18(24)25/h9-12H,4-8H2,1-3H3,(H,20,23)(H,24,25). The number of rotatable bonds is 9. The molecule has 0 aliphatic carbocycles. The van der Waals surface area contributed by atoms with Crippen LogP contribution in [0.5, 0.6) is 0 Å². The number of carbonyl (C=O) groups is 2. The van der Waals surface area contributed by atoms with Crippen molar-refractivity contribution in [1.82, 2.24) is 10.1 Å². The minimum absolute atomic E-state index is 0.108. The third-order valence-corrected chi connectivity index (χ3v) is 4.20. The predicted molar refractivity (Wildman–Crippen MR) is 97.0 cm³/mol. The van der Waals surface area contributed by atoms with Gasteiger partial charge in [0, 0.05) is 24.9 Å². The molecule has 140 valence electrons. The fourth-order valence-electron chi connectivity index (χ4n) is 2.43. The highest BCUT2D eigenvalue weighted by Crippen LogP contribution is 2.24. The second-order valence-corrected chi connectivity index (χ2v) is 6.76. The number of hydrogen-bond donors (Lipinski definition) is 2. The summed E-state index contributed by atoms with van der Waals surface area (Å²) in [4.78, 5) is 27.6. The van der Waals surface area contributed by atoms with Crippen molar-refractivity contribution in [3.63, 3.8) is 0 Å². The van der Waals surface area contributed by atoms with Gasteiger partial charge in [0.05, 0.1) is 5.41 Å².